The fourth-order valence-electron chi connectivity index (χ4n) is 8.02. The topological polar surface area (TPSA) is 26.8 Å². The van der Waals surface area contributed by atoms with Gasteiger partial charge < -0.3 is 4.74 Å². The molecule has 7 heterocycles. The predicted octanol–water partition coefficient (Wildman–Crippen LogP) is 6.49. The average Bonchev–Trinajstić information content (AvgIpc) is 3.54. The van der Waals surface area contributed by atoms with Gasteiger partial charge in [-0.2, -0.15) is 18.3 Å². The van der Waals surface area contributed by atoms with E-state index in [0.29, 0.717) is 0 Å². The second kappa shape index (κ2) is 6.24. The highest BCUT2D eigenvalue weighted by atomic mass is 16.5. The molecule has 0 N–H and O–H groups in total. The van der Waals surface area contributed by atoms with Crippen LogP contribution < -0.4 is 13.9 Å². The highest BCUT2D eigenvalue weighted by molar-refractivity contribution is 6.14. The van der Waals surface area contributed by atoms with Crippen molar-refractivity contribution in [2.45, 2.75) is 5.66 Å². The SMILES string of the molecule is c1cc[n+]2c(c1)-n1c3ccccc3c3ccc4c(c31)C21c2c(ccc3c5ccccc5n(c23)-c2cccc[n+]21)O4. The van der Waals surface area contributed by atoms with Gasteiger partial charge in [-0.25, -0.2) is 0 Å². The van der Waals surface area contributed by atoms with Gasteiger partial charge in [0.15, 0.2) is 11.0 Å². The third-order valence-corrected chi connectivity index (χ3v) is 9.35. The van der Waals surface area contributed by atoms with Gasteiger partial charge in [0.1, 0.15) is 33.7 Å². The first-order valence-electron chi connectivity index (χ1n) is 13.7. The molecule has 0 saturated heterocycles. The number of ether oxygens (including phenoxy) is 1. The standard InChI is InChI=1S/C35H20N4O/c1-3-11-25-21(9-1)23-15-17-27-31-33(23)38(25)29-13-5-7-19-36(29)35(31)32-28(40-27)18-16-24-22-10-2-4-12-26(22)39(34(24)32)30-14-6-8-20-37(30)35/h1-20H/q+2. The summed E-state index contributed by atoms with van der Waals surface area (Å²) >= 11 is 0. The molecule has 3 aliphatic rings. The average molecular weight is 513 g/mol. The Kier molecular flexibility index (Phi) is 3.06. The highest BCUT2D eigenvalue weighted by Gasteiger charge is 2.64. The van der Waals surface area contributed by atoms with E-state index in [0.717, 1.165) is 23.1 Å². The molecule has 5 heteroatoms. The quantitative estimate of drug-likeness (QED) is 0.214. The monoisotopic (exact) mass is 512 g/mol. The van der Waals surface area contributed by atoms with Crippen LogP contribution in [0.1, 0.15) is 11.1 Å². The minimum absolute atomic E-state index is 0.677. The first-order valence-corrected chi connectivity index (χ1v) is 13.7. The number of fused-ring (bicyclic) bond motifs is 10. The molecule has 0 amide bonds. The summed E-state index contributed by atoms with van der Waals surface area (Å²) in [5.41, 5.74) is 6.50. The van der Waals surface area contributed by atoms with Crippen LogP contribution >= 0.6 is 0 Å². The molecular formula is C35H20N4O+2. The molecule has 4 aromatic carbocycles. The Morgan fingerprint density at radius 1 is 0.475 bits per heavy atom. The van der Waals surface area contributed by atoms with E-state index in [9.17, 15) is 0 Å². The normalized spacial score (nSPS) is 14.9. The molecule has 0 bridgehead atoms. The fourth-order valence-corrected chi connectivity index (χ4v) is 8.02. The van der Waals surface area contributed by atoms with Gasteiger partial charge >= 0.3 is 5.66 Å². The van der Waals surface area contributed by atoms with Crippen molar-refractivity contribution in [2.24, 2.45) is 0 Å². The second-order valence-electron chi connectivity index (χ2n) is 11.0. The first kappa shape index (κ1) is 19.6. The van der Waals surface area contributed by atoms with E-state index < -0.39 is 5.66 Å². The molecule has 4 aromatic heterocycles. The van der Waals surface area contributed by atoms with Crippen LogP contribution in [-0.4, -0.2) is 9.13 Å². The Morgan fingerprint density at radius 2 is 0.950 bits per heavy atom. The van der Waals surface area contributed by atoms with Gasteiger partial charge in [-0.15, -0.1) is 0 Å². The lowest BCUT2D eigenvalue weighted by molar-refractivity contribution is -0.967. The van der Waals surface area contributed by atoms with Crippen molar-refractivity contribution in [1.29, 1.82) is 0 Å². The van der Waals surface area contributed by atoms with Crippen LogP contribution in [0.3, 0.4) is 0 Å². The number of rotatable bonds is 0. The van der Waals surface area contributed by atoms with Crippen molar-refractivity contribution in [3.63, 3.8) is 0 Å². The van der Waals surface area contributed by atoms with Crippen molar-refractivity contribution < 1.29 is 13.9 Å². The predicted molar refractivity (Wildman–Crippen MR) is 154 cm³/mol. The lowest BCUT2D eigenvalue weighted by Crippen LogP contribution is -2.78. The van der Waals surface area contributed by atoms with Crippen LogP contribution in [0.15, 0.2) is 122 Å². The van der Waals surface area contributed by atoms with Gasteiger partial charge in [0, 0.05) is 33.7 Å². The number of nitrogens with zero attached hydrogens (tertiary/aromatic N) is 4. The molecule has 40 heavy (non-hydrogen) atoms. The minimum Gasteiger partial charge on any atom is -0.456 e. The molecular weight excluding hydrogens is 492 g/mol. The Hall–Kier alpha value is -5.42. The number of hydrogen-bond donors (Lipinski definition) is 0. The van der Waals surface area contributed by atoms with Crippen LogP contribution in [-0.2, 0) is 5.66 Å². The van der Waals surface area contributed by atoms with Gasteiger partial charge in [-0.1, -0.05) is 36.4 Å². The maximum atomic E-state index is 6.88. The molecule has 5 nitrogen and oxygen atoms in total. The third-order valence-electron chi connectivity index (χ3n) is 9.35. The minimum atomic E-state index is -0.677. The number of para-hydroxylation sites is 2. The third kappa shape index (κ3) is 1.85. The zero-order chi connectivity index (χ0) is 25.7. The van der Waals surface area contributed by atoms with E-state index in [-0.39, 0.29) is 0 Å². The van der Waals surface area contributed by atoms with Crippen LogP contribution in [0, 0.1) is 0 Å². The number of hydrogen-bond acceptors (Lipinski definition) is 1. The summed E-state index contributed by atoms with van der Waals surface area (Å²) in [6.45, 7) is 0. The van der Waals surface area contributed by atoms with Crippen molar-refractivity contribution in [3.05, 3.63) is 133 Å². The lowest BCUT2D eigenvalue weighted by Gasteiger charge is -2.40. The molecule has 8 aromatic rings. The Morgan fingerprint density at radius 3 is 1.48 bits per heavy atom. The van der Waals surface area contributed by atoms with E-state index in [1.54, 1.807) is 0 Å². The number of benzene rings is 4. The summed E-state index contributed by atoms with van der Waals surface area (Å²) in [6.07, 6.45) is 4.48. The summed E-state index contributed by atoms with van der Waals surface area (Å²) in [5.74, 6) is 4.07. The van der Waals surface area contributed by atoms with E-state index in [4.69, 9.17) is 4.74 Å². The second-order valence-corrected chi connectivity index (χ2v) is 11.0. The summed E-state index contributed by atoms with van der Waals surface area (Å²) < 4.78 is 16.7. The van der Waals surface area contributed by atoms with Crippen molar-refractivity contribution >= 4 is 43.6 Å². The number of pyridine rings is 2. The van der Waals surface area contributed by atoms with Gasteiger partial charge in [0.2, 0.25) is 0 Å². The van der Waals surface area contributed by atoms with Crippen molar-refractivity contribution in [3.8, 4) is 23.1 Å². The van der Waals surface area contributed by atoms with Gasteiger partial charge in [-0.3, -0.25) is 0 Å². The Labute approximate surface area is 227 Å². The summed E-state index contributed by atoms with van der Waals surface area (Å²) in [7, 11) is 0. The highest BCUT2D eigenvalue weighted by Crippen LogP contribution is 2.56. The molecule has 0 atom stereocenters. The molecule has 0 radical (unpaired) electrons. The van der Waals surface area contributed by atoms with E-state index in [2.05, 4.69) is 140 Å². The maximum Gasteiger partial charge on any atom is 0.321 e. The van der Waals surface area contributed by atoms with Gasteiger partial charge in [-0.05, 0) is 60.7 Å². The van der Waals surface area contributed by atoms with E-state index >= 15 is 0 Å². The summed E-state index contributed by atoms with van der Waals surface area (Å²) in [4.78, 5) is 0. The molecule has 184 valence electrons. The van der Waals surface area contributed by atoms with Crippen LogP contribution in [0.2, 0.25) is 0 Å². The Balaban J connectivity index is 1.51. The smallest absolute Gasteiger partial charge is 0.321 e. The largest absolute Gasteiger partial charge is 0.456 e. The van der Waals surface area contributed by atoms with Crippen molar-refractivity contribution in [2.75, 3.05) is 0 Å². The number of aromatic nitrogens is 4. The molecule has 0 unspecified atom stereocenters. The molecule has 0 aliphatic carbocycles. The summed E-state index contributed by atoms with van der Waals surface area (Å²) in [6, 6.07) is 39.4. The maximum absolute atomic E-state index is 6.88. The molecule has 3 aliphatic heterocycles. The van der Waals surface area contributed by atoms with Crippen LogP contribution in [0.5, 0.6) is 11.5 Å². The van der Waals surface area contributed by atoms with Crippen LogP contribution in [0.4, 0.5) is 0 Å². The molecule has 1 spiro atoms. The zero-order valence-electron chi connectivity index (χ0n) is 21.2. The van der Waals surface area contributed by atoms with Gasteiger partial charge in [0.25, 0.3) is 11.6 Å². The first-order chi connectivity index (χ1) is 19.9. The molecule has 0 fully saturated rings. The summed E-state index contributed by atoms with van der Waals surface area (Å²) in [5, 5.41) is 4.99. The molecule has 11 rings (SSSR count). The van der Waals surface area contributed by atoms with Crippen molar-refractivity contribution in [1.82, 2.24) is 9.13 Å². The lowest BCUT2D eigenvalue weighted by atomic mass is 9.81. The zero-order valence-corrected chi connectivity index (χ0v) is 21.2. The van der Waals surface area contributed by atoms with Crippen LogP contribution in [0.25, 0.3) is 55.2 Å². The molecule has 0 saturated carbocycles. The fraction of sp³-hybridized carbons (Fsp3) is 0.0286. The van der Waals surface area contributed by atoms with E-state index in [1.165, 1.54) is 54.7 Å². The van der Waals surface area contributed by atoms with Gasteiger partial charge in [0.05, 0.1) is 12.4 Å². The van der Waals surface area contributed by atoms with E-state index in [1.807, 2.05) is 0 Å². The Bertz CT molecular complexity index is 2310.